The molecule has 0 heterocycles. The predicted molar refractivity (Wildman–Crippen MR) is 68.5 cm³/mol. The Kier molecular flexibility index (Phi) is 4.16. The Bertz CT molecular complexity index is 458. The van der Waals surface area contributed by atoms with Crippen LogP contribution in [0.1, 0.15) is 26.3 Å². The van der Waals surface area contributed by atoms with Crippen molar-refractivity contribution in [1.82, 2.24) is 4.72 Å². The Morgan fingerprint density at radius 3 is 2.12 bits per heavy atom. The lowest BCUT2D eigenvalue weighted by molar-refractivity contribution is 0.131. The van der Waals surface area contributed by atoms with Gasteiger partial charge in [0.1, 0.15) is 11.4 Å². The maximum atomic E-state index is 10.9. The summed E-state index contributed by atoms with van der Waals surface area (Å²) in [4.78, 5) is 0. The molecule has 1 rings (SSSR count). The molecule has 0 saturated carbocycles. The summed E-state index contributed by atoms with van der Waals surface area (Å²) in [6, 6.07) is 7.37. The molecule has 0 spiro atoms. The second-order valence-electron chi connectivity index (χ2n) is 4.95. The van der Waals surface area contributed by atoms with Crippen molar-refractivity contribution in [3.63, 3.8) is 0 Å². The van der Waals surface area contributed by atoms with Crippen LogP contribution in [-0.2, 0) is 16.6 Å². The fraction of sp³-hybridized carbons (Fsp3) is 0.500. The average molecular weight is 257 g/mol. The van der Waals surface area contributed by atoms with E-state index in [2.05, 4.69) is 4.72 Å². The molecule has 0 unspecified atom stereocenters. The number of nitrogens with one attached hydrogen (secondary N) is 1. The zero-order valence-electron chi connectivity index (χ0n) is 10.6. The molecule has 0 aromatic heterocycles. The Morgan fingerprint density at radius 1 is 1.18 bits per heavy atom. The summed E-state index contributed by atoms with van der Waals surface area (Å²) in [6.07, 6.45) is 1.14. The van der Waals surface area contributed by atoms with Crippen LogP contribution in [0.25, 0.3) is 0 Å². The molecule has 1 aromatic rings. The molecule has 1 aromatic carbocycles. The third kappa shape index (κ3) is 6.28. The van der Waals surface area contributed by atoms with Crippen molar-refractivity contribution < 1.29 is 13.2 Å². The fourth-order valence-electron chi connectivity index (χ4n) is 1.24. The minimum atomic E-state index is -3.14. The second-order valence-corrected chi connectivity index (χ2v) is 6.78. The van der Waals surface area contributed by atoms with Gasteiger partial charge in [-0.2, -0.15) is 0 Å². The molecule has 0 atom stereocenters. The van der Waals surface area contributed by atoms with Gasteiger partial charge in [0.05, 0.1) is 6.26 Å². The van der Waals surface area contributed by atoms with Crippen molar-refractivity contribution in [3.8, 4) is 5.75 Å². The molecule has 0 saturated heterocycles. The van der Waals surface area contributed by atoms with Crippen molar-refractivity contribution in [2.45, 2.75) is 32.9 Å². The molecule has 0 aliphatic heterocycles. The van der Waals surface area contributed by atoms with E-state index in [1.807, 2.05) is 45.0 Å². The van der Waals surface area contributed by atoms with E-state index >= 15 is 0 Å². The zero-order valence-corrected chi connectivity index (χ0v) is 11.5. The van der Waals surface area contributed by atoms with E-state index in [4.69, 9.17) is 4.74 Å². The van der Waals surface area contributed by atoms with Gasteiger partial charge in [0.15, 0.2) is 0 Å². The lowest BCUT2D eigenvalue weighted by atomic mass is 10.2. The van der Waals surface area contributed by atoms with E-state index < -0.39 is 10.0 Å². The van der Waals surface area contributed by atoms with E-state index in [0.29, 0.717) is 6.54 Å². The van der Waals surface area contributed by atoms with Gasteiger partial charge in [-0.05, 0) is 38.5 Å². The van der Waals surface area contributed by atoms with Gasteiger partial charge in [0.25, 0.3) is 0 Å². The highest BCUT2D eigenvalue weighted by molar-refractivity contribution is 7.88. The van der Waals surface area contributed by atoms with Crippen molar-refractivity contribution in [2.75, 3.05) is 6.26 Å². The van der Waals surface area contributed by atoms with Crippen LogP contribution in [0.4, 0.5) is 0 Å². The first-order valence-corrected chi connectivity index (χ1v) is 7.27. The summed E-state index contributed by atoms with van der Waals surface area (Å²) in [5.74, 6) is 0.778. The Hall–Kier alpha value is -1.07. The molecule has 0 bridgehead atoms. The quantitative estimate of drug-likeness (QED) is 0.896. The first kappa shape index (κ1) is 14.0. The Balaban J connectivity index is 2.62. The fourth-order valence-corrected chi connectivity index (χ4v) is 1.67. The van der Waals surface area contributed by atoms with Crippen LogP contribution >= 0.6 is 0 Å². The van der Waals surface area contributed by atoms with Crippen LogP contribution in [0.3, 0.4) is 0 Å². The maximum absolute atomic E-state index is 10.9. The van der Waals surface area contributed by atoms with E-state index in [9.17, 15) is 8.42 Å². The molecule has 1 N–H and O–H groups in total. The molecule has 4 nitrogen and oxygen atoms in total. The van der Waals surface area contributed by atoms with Crippen molar-refractivity contribution in [2.24, 2.45) is 0 Å². The first-order valence-electron chi connectivity index (χ1n) is 5.38. The lowest BCUT2D eigenvalue weighted by Crippen LogP contribution is -2.23. The van der Waals surface area contributed by atoms with Gasteiger partial charge < -0.3 is 4.74 Å². The van der Waals surface area contributed by atoms with E-state index in [1.165, 1.54) is 0 Å². The number of sulfonamides is 1. The summed E-state index contributed by atoms with van der Waals surface area (Å²) in [7, 11) is -3.14. The number of hydrogen-bond acceptors (Lipinski definition) is 3. The molecule has 5 heteroatoms. The SMILES string of the molecule is CC(C)(C)Oc1ccc(CNS(C)(=O)=O)cc1. The summed E-state index contributed by atoms with van der Waals surface area (Å²) >= 11 is 0. The van der Waals surface area contributed by atoms with Crippen LogP contribution in [0.2, 0.25) is 0 Å². The Labute approximate surface area is 103 Å². The van der Waals surface area contributed by atoms with Crippen LogP contribution in [0.15, 0.2) is 24.3 Å². The molecule has 17 heavy (non-hydrogen) atoms. The number of benzene rings is 1. The standard InChI is InChI=1S/C12H19NO3S/c1-12(2,3)16-11-7-5-10(6-8-11)9-13-17(4,14)15/h5-8,13H,9H2,1-4H3. The largest absolute Gasteiger partial charge is 0.488 e. The minimum absolute atomic E-state index is 0.230. The highest BCUT2D eigenvalue weighted by Crippen LogP contribution is 2.18. The van der Waals surface area contributed by atoms with Gasteiger partial charge in [-0.15, -0.1) is 0 Å². The van der Waals surface area contributed by atoms with Gasteiger partial charge in [-0.25, -0.2) is 13.1 Å². The highest BCUT2D eigenvalue weighted by atomic mass is 32.2. The molecule has 0 fully saturated rings. The van der Waals surface area contributed by atoms with E-state index in [0.717, 1.165) is 17.6 Å². The topological polar surface area (TPSA) is 55.4 Å². The minimum Gasteiger partial charge on any atom is -0.488 e. The molecule has 0 aliphatic carbocycles. The number of ether oxygens (including phenoxy) is 1. The molecule has 96 valence electrons. The Morgan fingerprint density at radius 2 is 1.71 bits per heavy atom. The van der Waals surface area contributed by atoms with Gasteiger partial charge in [0, 0.05) is 6.54 Å². The second kappa shape index (κ2) is 5.06. The summed E-state index contributed by atoms with van der Waals surface area (Å²) in [5, 5.41) is 0. The number of rotatable bonds is 4. The van der Waals surface area contributed by atoms with Crippen LogP contribution in [-0.4, -0.2) is 20.3 Å². The third-order valence-corrected chi connectivity index (χ3v) is 2.55. The highest BCUT2D eigenvalue weighted by Gasteiger charge is 2.11. The van der Waals surface area contributed by atoms with Crippen molar-refractivity contribution in [3.05, 3.63) is 29.8 Å². The van der Waals surface area contributed by atoms with Crippen LogP contribution in [0, 0.1) is 0 Å². The van der Waals surface area contributed by atoms with Gasteiger partial charge in [0.2, 0.25) is 10.0 Å². The van der Waals surface area contributed by atoms with Gasteiger partial charge in [-0.3, -0.25) is 0 Å². The maximum Gasteiger partial charge on any atom is 0.209 e. The van der Waals surface area contributed by atoms with Gasteiger partial charge >= 0.3 is 0 Å². The summed E-state index contributed by atoms with van der Waals surface area (Å²) < 4.78 is 29.9. The molecular formula is C12H19NO3S. The lowest BCUT2D eigenvalue weighted by Gasteiger charge is -2.21. The molecule has 0 aliphatic rings. The van der Waals surface area contributed by atoms with Crippen LogP contribution in [0.5, 0.6) is 5.75 Å². The van der Waals surface area contributed by atoms with Crippen molar-refractivity contribution in [1.29, 1.82) is 0 Å². The predicted octanol–water partition coefficient (Wildman–Crippen LogP) is 1.91. The summed E-state index contributed by atoms with van der Waals surface area (Å²) in [6.45, 7) is 6.24. The van der Waals surface area contributed by atoms with Crippen molar-refractivity contribution >= 4 is 10.0 Å². The van der Waals surface area contributed by atoms with E-state index in [-0.39, 0.29) is 5.60 Å². The van der Waals surface area contributed by atoms with Crippen LogP contribution < -0.4 is 9.46 Å². The smallest absolute Gasteiger partial charge is 0.209 e. The average Bonchev–Trinajstić information content (AvgIpc) is 2.13. The zero-order chi connectivity index (χ0) is 13.1. The molecule has 0 amide bonds. The third-order valence-electron chi connectivity index (χ3n) is 1.89. The van der Waals surface area contributed by atoms with E-state index in [1.54, 1.807) is 0 Å². The number of hydrogen-bond donors (Lipinski definition) is 1. The molecule has 0 radical (unpaired) electrons. The monoisotopic (exact) mass is 257 g/mol. The first-order chi connectivity index (χ1) is 7.66. The molecular weight excluding hydrogens is 238 g/mol. The van der Waals surface area contributed by atoms with Gasteiger partial charge in [-0.1, -0.05) is 12.1 Å². The normalized spacial score (nSPS) is 12.5. The summed E-state index contributed by atoms with van der Waals surface area (Å²) in [5.41, 5.74) is 0.670.